The molecule has 1 aromatic heterocycles. The summed E-state index contributed by atoms with van der Waals surface area (Å²) < 4.78 is 7.67. The maximum absolute atomic E-state index is 6.35. The van der Waals surface area contributed by atoms with Crippen molar-refractivity contribution in [1.82, 2.24) is 9.78 Å². The number of rotatable bonds is 4. The molecule has 1 atom stereocenters. The van der Waals surface area contributed by atoms with Gasteiger partial charge in [-0.2, -0.15) is 5.10 Å². The third kappa shape index (κ3) is 2.57. The van der Waals surface area contributed by atoms with Gasteiger partial charge in [-0.05, 0) is 32.6 Å². The van der Waals surface area contributed by atoms with Crippen LogP contribution in [-0.2, 0) is 17.6 Å². The van der Waals surface area contributed by atoms with E-state index in [0.29, 0.717) is 6.04 Å². The fourth-order valence-electron chi connectivity index (χ4n) is 2.84. The number of aromatic nitrogens is 2. The first-order chi connectivity index (χ1) is 8.69. The largest absolute Gasteiger partial charge is 0.381 e. The summed E-state index contributed by atoms with van der Waals surface area (Å²) in [7, 11) is 0. The second-order valence-corrected chi connectivity index (χ2v) is 5.57. The van der Waals surface area contributed by atoms with Crippen LogP contribution in [0.15, 0.2) is 0 Å². The smallest absolute Gasteiger partial charge is 0.0671 e. The fraction of sp³-hybridized carbons (Fsp3) is 0.786. The van der Waals surface area contributed by atoms with E-state index in [0.717, 1.165) is 38.9 Å². The minimum Gasteiger partial charge on any atom is -0.381 e. The van der Waals surface area contributed by atoms with Crippen LogP contribution >= 0.6 is 11.6 Å². The first kappa shape index (κ1) is 13.9. The van der Waals surface area contributed by atoms with E-state index in [1.54, 1.807) is 0 Å². The van der Waals surface area contributed by atoms with E-state index in [9.17, 15) is 0 Å². The van der Waals surface area contributed by atoms with Crippen molar-refractivity contribution in [2.24, 2.45) is 0 Å². The Morgan fingerprint density at radius 1 is 1.33 bits per heavy atom. The predicted molar refractivity (Wildman–Crippen MR) is 74.3 cm³/mol. The van der Waals surface area contributed by atoms with E-state index in [4.69, 9.17) is 21.4 Å². The topological polar surface area (TPSA) is 27.1 Å². The zero-order valence-electron chi connectivity index (χ0n) is 11.6. The number of halogens is 1. The molecule has 1 aliphatic heterocycles. The number of hydrogen-bond donors (Lipinski definition) is 0. The van der Waals surface area contributed by atoms with Gasteiger partial charge in [-0.1, -0.05) is 13.8 Å². The monoisotopic (exact) mass is 270 g/mol. The lowest BCUT2D eigenvalue weighted by atomic mass is 10.0. The van der Waals surface area contributed by atoms with Crippen molar-refractivity contribution in [3.8, 4) is 0 Å². The minimum atomic E-state index is 0.0449. The molecule has 1 saturated heterocycles. The maximum Gasteiger partial charge on any atom is 0.0671 e. The van der Waals surface area contributed by atoms with Crippen LogP contribution in [0, 0.1) is 0 Å². The van der Waals surface area contributed by atoms with Gasteiger partial charge in [0.2, 0.25) is 0 Å². The lowest BCUT2D eigenvalue weighted by molar-refractivity contribution is 0.0653. The average Bonchev–Trinajstić information content (AvgIpc) is 2.78. The van der Waals surface area contributed by atoms with Crippen LogP contribution in [0.1, 0.15) is 62.0 Å². The molecule has 3 nitrogen and oxygen atoms in total. The first-order valence-electron chi connectivity index (χ1n) is 7.00. The van der Waals surface area contributed by atoms with Crippen LogP contribution < -0.4 is 0 Å². The van der Waals surface area contributed by atoms with Crippen LogP contribution in [0.25, 0.3) is 0 Å². The second-order valence-electron chi connectivity index (χ2n) is 4.92. The third-order valence-corrected chi connectivity index (χ3v) is 3.95. The van der Waals surface area contributed by atoms with Gasteiger partial charge >= 0.3 is 0 Å². The molecule has 0 radical (unpaired) electrons. The van der Waals surface area contributed by atoms with Gasteiger partial charge in [0.1, 0.15) is 0 Å². The summed E-state index contributed by atoms with van der Waals surface area (Å²) in [6.07, 6.45) is 4.08. The Hall–Kier alpha value is -0.540. The number of nitrogens with zero attached hydrogens (tertiary/aromatic N) is 2. The Morgan fingerprint density at radius 3 is 2.50 bits per heavy atom. The molecule has 0 aliphatic carbocycles. The van der Waals surface area contributed by atoms with Gasteiger partial charge in [0, 0.05) is 24.5 Å². The van der Waals surface area contributed by atoms with Crippen LogP contribution in [0.3, 0.4) is 0 Å². The molecule has 0 N–H and O–H groups in total. The van der Waals surface area contributed by atoms with Crippen LogP contribution in [0.4, 0.5) is 0 Å². The van der Waals surface area contributed by atoms with Gasteiger partial charge in [-0.3, -0.25) is 4.68 Å². The van der Waals surface area contributed by atoms with Gasteiger partial charge in [0.05, 0.1) is 17.1 Å². The highest BCUT2D eigenvalue weighted by Crippen LogP contribution is 2.32. The summed E-state index contributed by atoms with van der Waals surface area (Å²) in [6, 6.07) is 0.489. The molecule has 1 aromatic rings. The average molecular weight is 271 g/mol. The first-order valence-corrected chi connectivity index (χ1v) is 7.44. The summed E-state index contributed by atoms with van der Waals surface area (Å²) in [6.45, 7) is 8.08. The highest BCUT2D eigenvalue weighted by molar-refractivity contribution is 6.20. The van der Waals surface area contributed by atoms with Gasteiger partial charge in [-0.15, -0.1) is 11.6 Å². The van der Waals surface area contributed by atoms with Crippen molar-refractivity contribution in [1.29, 1.82) is 0 Å². The van der Waals surface area contributed by atoms with E-state index in [-0.39, 0.29) is 5.38 Å². The zero-order chi connectivity index (χ0) is 13.1. The molecule has 18 heavy (non-hydrogen) atoms. The van der Waals surface area contributed by atoms with Crippen molar-refractivity contribution in [3.05, 3.63) is 17.0 Å². The fourth-order valence-corrected chi connectivity index (χ4v) is 3.09. The Morgan fingerprint density at radius 2 is 2.00 bits per heavy atom. The molecular weight excluding hydrogens is 248 g/mol. The number of alkyl halides is 1. The molecule has 1 fully saturated rings. The van der Waals surface area contributed by atoms with Crippen molar-refractivity contribution >= 4 is 11.6 Å². The summed E-state index contributed by atoms with van der Waals surface area (Å²) in [5.41, 5.74) is 3.75. The third-order valence-electron chi connectivity index (χ3n) is 3.73. The maximum atomic E-state index is 6.35. The molecule has 1 aliphatic rings. The Bertz CT molecular complexity index is 395. The molecule has 0 saturated carbocycles. The highest BCUT2D eigenvalue weighted by atomic mass is 35.5. The predicted octanol–water partition coefficient (Wildman–Crippen LogP) is 3.66. The quantitative estimate of drug-likeness (QED) is 0.781. The zero-order valence-corrected chi connectivity index (χ0v) is 12.3. The molecule has 0 bridgehead atoms. The van der Waals surface area contributed by atoms with Gasteiger partial charge in [0.15, 0.2) is 0 Å². The van der Waals surface area contributed by atoms with Crippen LogP contribution in [-0.4, -0.2) is 23.0 Å². The Balaban J connectivity index is 2.39. The standard InChI is InChI=1S/C14H23ClN2O/c1-4-12-14(10(3)15)13(5-2)17(16-12)11-6-8-18-9-7-11/h10-11H,4-9H2,1-3H3. The lowest BCUT2D eigenvalue weighted by Crippen LogP contribution is -2.22. The summed E-state index contributed by atoms with van der Waals surface area (Å²) in [5.74, 6) is 0. The van der Waals surface area contributed by atoms with Gasteiger partial charge in [0.25, 0.3) is 0 Å². The molecular formula is C14H23ClN2O. The van der Waals surface area contributed by atoms with Gasteiger partial charge in [-0.25, -0.2) is 0 Å². The Kier molecular flexibility index (Phi) is 4.68. The van der Waals surface area contributed by atoms with Crippen LogP contribution in [0.5, 0.6) is 0 Å². The number of aryl methyl sites for hydroxylation is 1. The van der Waals surface area contributed by atoms with E-state index in [1.165, 1.54) is 17.0 Å². The van der Waals surface area contributed by atoms with Crippen molar-refractivity contribution in [2.75, 3.05) is 13.2 Å². The van der Waals surface area contributed by atoms with E-state index in [1.807, 2.05) is 6.92 Å². The van der Waals surface area contributed by atoms with Gasteiger partial charge < -0.3 is 4.74 Å². The van der Waals surface area contributed by atoms with Crippen molar-refractivity contribution in [2.45, 2.75) is 57.9 Å². The molecule has 102 valence electrons. The molecule has 1 unspecified atom stereocenters. The minimum absolute atomic E-state index is 0.0449. The van der Waals surface area contributed by atoms with Crippen molar-refractivity contribution in [3.63, 3.8) is 0 Å². The van der Waals surface area contributed by atoms with E-state index in [2.05, 4.69) is 18.5 Å². The molecule has 2 heterocycles. The molecule has 2 rings (SSSR count). The molecule has 0 amide bonds. The molecule has 0 spiro atoms. The lowest BCUT2D eigenvalue weighted by Gasteiger charge is -2.24. The summed E-state index contributed by atoms with van der Waals surface area (Å²) in [5, 5.41) is 4.87. The Labute approximate surface area is 114 Å². The summed E-state index contributed by atoms with van der Waals surface area (Å²) in [4.78, 5) is 0. The second kappa shape index (κ2) is 6.07. The van der Waals surface area contributed by atoms with E-state index >= 15 is 0 Å². The van der Waals surface area contributed by atoms with E-state index < -0.39 is 0 Å². The number of ether oxygens (including phenoxy) is 1. The molecule has 4 heteroatoms. The highest BCUT2D eigenvalue weighted by Gasteiger charge is 2.24. The normalized spacial score (nSPS) is 19.1. The SMILES string of the molecule is CCc1nn(C2CCOCC2)c(CC)c1C(C)Cl. The summed E-state index contributed by atoms with van der Waals surface area (Å²) >= 11 is 6.35. The van der Waals surface area contributed by atoms with Crippen molar-refractivity contribution < 1.29 is 4.74 Å². The van der Waals surface area contributed by atoms with Crippen LogP contribution in [0.2, 0.25) is 0 Å². The number of hydrogen-bond acceptors (Lipinski definition) is 2. The molecule has 0 aromatic carbocycles.